The second-order valence-electron chi connectivity index (χ2n) is 7.50. The molecule has 0 aliphatic carbocycles. The van der Waals surface area contributed by atoms with Gasteiger partial charge >= 0.3 is 0 Å². The molecule has 156 valence electrons. The molecular formula is C24H27N3O2S. The van der Waals surface area contributed by atoms with Crippen LogP contribution >= 0.6 is 11.8 Å². The molecule has 4 rings (SSSR count). The van der Waals surface area contributed by atoms with E-state index in [1.165, 1.54) is 11.8 Å². The van der Waals surface area contributed by atoms with Gasteiger partial charge in [-0.2, -0.15) is 0 Å². The monoisotopic (exact) mass is 421 g/mol. The minimum Gasteiger partial charge on any atom is -0.376 e. The lowest BCUT2D eigenvalue weighted by Gasteiger charge is -2.18. The highest BCUT2D eigenvalue weighted by atomic mass is 32.2. The lowest BCUT2D eigenvalue weighted by Crippen LogP contribution is -2.30. The zero-order valence-electron chi connectivity index (χ0n) is 17.2. The third-order valence-corrected chi connectivity index (χ3v) is 6.36. The van der Waals surface area contributed by atoms with E-state index >= 15 is 0 Å². The van der Waals surface area contributed by atoms with Crippen LogP contribution in [0.2, 0.25) is 0 Å². The van der Waals surface area contributed by atoms with E-state index in [9.17, 15) is 4.79 Å². The number of rotatable bonds is 8. The van der Waals surface area contributed by atoms with Crippen molar-refractivity contribution in [3.05, 3.63) is 72.4 Å². The Balaban J connectivity index is 1.48. The van der Waals surface area contributed by atoms with Gasteiger partial charge in [-0.05, 0) is 30.9 Å². The predicted molar refractivity (Wildman–Crippen MR) is 120 cm³/mol. The Morgan fingerprint density at radius 3 is 2.63 bits per heavy atom. The summed E-state index contributed by atoms with van der Waals surface area (Å²) in [7, 11) is 0. The van der Waals surface area contributed by atoms with Crippen LogP contribution in [0.15, 0.2) is 72.0 Å². The van der Waals surface area contributed by atoms with Crippen LogP contribution in [0.1, 0.15) is 25.3 Å². The fourth-order valence-electron chi connectivity index (χ4n) is 3.60. The van der Waals surface area contributed by atoms with E-state index < -0.39 is 0 Å². The minimum absolute atomic E-state index is 0.0109. The topological polar surface area (TPSA) is 56.2 Å². The average molecular weight is 422 g/mol. The first-order chi connectivity index (χ1) is 14.7. The third-order valence-electron chi connectivity index (χ3n) is 5.26. The molecule has 0 bridgehead atoms. The number of amides is 1. The van der Waals surface area contributed by atoms with Gasteiger partial charge in [0.25, 0.3) is 0 Å². The Hall–Kier alpha value is -2.57. The highest BCUT2D eigenvalue weighted by Crippen LogP contribution is 2.30. The number of carbonyl (C=O) groups excluding carboxylic acids is 1. The number of nitrogens with zero attached hydrogens (tertiary/aromatic N) is 2. The van der Waals surface area contributed by atoms with Crippen LogP contribution in [0.5, 0.6) is 0 Å². The Bertz CT molecular complexity index is 953. The SMILES string of the molecule is CC(Sc1ncc(-c2ccccc2)n1CC1CCCO1)C(=O)NCc1ccccc1. The van der Waals surface area contributed by atoms with Gasteiger partial charge in [-0.1, -0.05) is 72.4 Å². The molecule has 6 heteroatoms. The number of benzene rings is 2. The number of aromatic nitrogens is 2. The van der Waals surface area contributed by atoms with Gasteiger partial charge < -0.3 is 14.6 Å². The molecule has 1 fully saturated rings. The molecule has 2 atom stereocenters. The molecule has 2 heterocycles. The summed E-state index contributed by atoms with van der Waals surface area (Å²) in [5.74, 6) is 0.0109. The first kappa shape index (κ1) is 20.7. The minimum atomic E-state index is -0.247. The first-order valence-electron chi connectivity index (χ1n) is 10.4. The van der Waals surface area contributed by atoms with Crippen LogP contribution in [-0.2, 0) is 22.6 Å². The highest BCUT2D eigenvalue weighted by molar-refractivity contribution is 8.00. The number of hydrogen-bond acceptors (Lipinski definition) is 4. The number of thioether (sulfide) groups is 1. The lowest BCUT2D eigenvalue weighted by atomic mass is 10.1. The molecule has 1 amide bonds. The van der Waals surface area contributed by atoms with Gasteiger partial charge in [0, 0.05) is 13.2 Å². The van der Waals surface area contributed by atoms with Crippen molar-refractivity contribution in [2.75, 3.05) is 6.61 Å². The van der Waals surface area contributed by atoms with Crippen LogP contribution in [0, 0.1) is 0 Å². The first-order valence-corrected chi connectivity index (χ1v) is 11.3. The van der Waals surface area contributed by atoms with Crippen molar-refractivity contribution >= 4 is 17.7 Å². The molecule has 3 aromatic rings. The maximum atomic E-state index is 12.7. The van der Waals surface area contributed by atoms with E-state index in [1.54, 1.807) is 0 Å². The van der Waals surface area contributed by atoms with Crippen LogP contribution < -0.4 is 5.32 Å². The smallest absolute Gasteiger partial charge is 0.233 e. The third kappa shape index (κ3) is 5.12. The molecule has 1 N–H and O–H groups in total. The van der Waals surface area contributed by atoms with Gasteiger partial charge in [-0.15, -0.1) is 0 Å². The molecule has 0 radical (unpaired) electrons. The van der Waals surface area contributed by atoms with E-state index in [0.29, 0.717) is 6.54 Å². The fraction of sp³-hybridized carbons (Fsp3) is 0.333. The molecule has 30 heavy (non-hydrogen) atoms. The molecule has 1 aromatic heterocycles. The van der Waals surface area contributed by atoms with Crippen molar-refractivity contribution in [3.8, 4) is 11.3 Å². The average Bonchev–Trinajstić information content (AvgIpc) is 3.44. The Morgan fingerprint density at radius 1 is 1.20 bits per heavy atom. The van der Waals surface area contributed by atoms with Gasteiger partial charge in [-0.25, -0.2) is 4.98 Å². The zero-order valence-corrected chi connectivity index (χ0v) is 18.0. The van der Waals surface area contributed by atoms with E-state index in [4.69, 9.17) is 4.74 Å². The highest BCUT2D eigenvalue weighted by Gasteiger charge is 2.23. The van der Waals surface area contributed by atoms with Crippen LogP contribution in [0.4, 0.5) is 0 Å². The standard InChI is InChI=1S/C24H27N3O2S/c1-18(23(28)25-15-19-9-4-2-5-10-19)30-24-26-16-22(20-11-6-3-7-12-20)27(24)17-21-13-8-14-29-21/h2-7,9-12,16,18,21H,8,13-15,17H2,1H3,(H,25,28). The van der Waals surface area contributed by atoms with Crippen LogP contribution in [0.3, 0.4) is 0 Å². The van der Waals surface area contributed by atoms with E-state index in [2.05, 4.69) is 27.0 Å². The molecular weight excluding hydrogens is 394 g/mol. The van der Waals surface area contributed by atoms with E-state index in [0.717, 1.165) is 48.0 Å². The largest absolute Gasteiger partial charge is 0.376 e. The fourth-order valence-corrected chi connectivity index (χ4v) is 4.52. The maximum Gasteiger partial charge on any atom is 0.233 e. The van der Waals surface area contributed by atoms with Crippen molar-refractivity contribution in [2.45, 2.75) is 49.4 Å². The molecule has 0 saturated carbocycles. The van der Waals surface area contributed by atoms with Gasteiger partial charge in [0.1, 0.15) is 0 Å². The van der Waals surface area contributed by atoms with Crippen LogP contribution in [-0.4, -0.2) is 33.4 Å². The zero-order chi connectivity index (χ0) is 20.8. The van der Waals surface area contributed by atoms with E-state index in [-0.39, 0.29) is 17.3 Å². The summed E-state index contributed by atoms with van der Waals surface area (Å²) in [6.45, 7) is 4.04. The summed E-state index contributed by atoms with van der Waals surface area (Å²) in [6, 6.07) is 20.2. The maximum absolute atomic E-state index is 12.7. The summed E-state index contributed by atoms with van der Waals surface area (Å²) in [6.07, 6.45) is 4.26. The molecule has 1 aliphatic rings. The van der Waals surface area contributed by atoms with Crippen molar-refractivity contribution in [2.24, 2.45) is 0 Å². The van der Waals surface area contributed by atoms with Gasteiger partial charge in [0.2, 0.25) is 5.91 Å². The predicted octanol–water partition coefficient (Wildman–Crippen LogP) is 4.53. The summed E-state index contributed by atoms with van der Waals surface area (Å²) < 4.78 is 8.08. The number of nitrogens with one attached hydrogen (secondary N) is 1. The van der Waals surface area contributed by atoms with Crippen molar-refractivity contribution < 1.29 is 9.53 Å². The number of imidazole rings is 1. The number of carbonyl (C=O) groups is 1. The summed E-state index contributed by atoms with van der Waals surface area (Å²) in [5.41, 5.74) is 3.27. The second kappa shape index (κ2) is 9.96. The molecule has 5 nitrogen and oxygen atoms in total. The van der Waals surface area contributed by atoms with Gasteiger partial charge in [0.15, 0.2) is 5.16 Å². The van der Waals surface area contributed by atoms with Crippen molar-refractivity contribution in [1.82, 2.24) is 14.9 Å². The lowest BCUT2D eigenvalue weighted by molar-refractivity contribution is -0.120. The van der Waals surface area contributed by atoms with Gasteiger partial charge in [-0.3, -0.25) is 4.79 Å². The molecule has 1 saturated heterocycles. The van der Waals surface area contributed by atoms with E-state index in [1.807, 2.05) is 61.7 Å². The van der Waals surface area contributed by atoms with Crippen LogP contribution in [0.25, 0.3) is 11.3 Å². The normalized spacial score (nSPS) is 17.0. The Labute approximate surface area is 181 Å². The summed E-state index contributed by atoms with van der Waals surface area (Å²) >= 11 is 1.50. The van der Waals surface area contributed by atoms with Crippen molar-refractivity contribution in [3.63, 3.8) is 0 Å². The summed E-state index contributed by atoms with van der Waals surface area (Å²) in [4.78, 5) is 17.3. The molecule has 2 aromatic carbocycles. The number of ether oxygens (including phenoxy) is 1. The Morgan fingerprint density at radius 2 is 1.93 bits per heavy atom. The van der Waals surface area contributed by atoms with Gasteiger partial charge in [0.05, 0.1) is 29.8 Å². The van der Waals surface area contributed by atoms with Crippen molar-refractivity contribution in [1.29, 1.82) is 0 Å². The molecule has 1 aliphatic heterocycles. The Kier molecular flexibility index (Phi) is 6.87. The molecule has 2 unspecified atom stereocenters. The quantitative estimate of drug-likeness (QED) is 0.543. The summed E-state index contributed by atoms with van der Waals surface area (Å²) in [5, 5.41) is 3.63. The number of hydrogen-bond donors (Lipinski definition) is 1. The second-order valence-corrected chi connectivity index (χ2v) is 8.81. The molecule has 0 spiro atoms.